The molecule has 2 amide bonds. The highest BCUT2D eigenvalue weighted by Crippen LogP contribution is 2.50. The summed E-state index contributed by atoms with van der Waals surface area (Å²) in [7, 11) is 0. The maximum absolute atomic E-state index is 10.6. The standard InChI is InChI=1S/C9H11BrN2O2S/c10-6-2-8(15-4-6)7-1-5(7)3-12(14)9(11)13/h2,4-5,7,14H,1,3H2,(H2,11,13)/t5-,7+/m0/s1. The average molecular weight is 291 g/mol. The monoisotopic (exact) mass is 290 g/mol. The number of urea groups is 1. The molecule has 0 radical (unpaired) electrons. The van der Waals surface area contributed by atoms with Crippen LogP contribution in [0, 0.1) is 5.92 Å². The van der Waals surface area contributed by atoms with E-state index in [9.17, 15) is 4.79 Å². The quantitative estimate of drug-likeness (QED) is 0.663. The van der Waals surface area contributed by atoms with Crippen LogP contribution >= 0.6 is 27.3 Å². The van der Waals surface area contributed by atoms with E-state index in [0.717, 1.165) is 10.9 Å². The Balaban J connectivity index is 1.89. The number of nitrogens with zero attached hydrogens (tertiary/aromatic N) is 1. The van der Waals surface area contributed by atoms with E-state index < -0.39 is 6.03 Å². The first-order chi connectivity index (χ1) is 7.08. The lowest BCUT2D eigenvalue weighted by molar-refractivity contribution is -0.0431. The normalized spacial score (nSPS) is 23.9. The summed E-state index contributed by atoms with van der Waals surface area (Å²) < 4.78 is 1.09. The Bertz CT molecular complexity index is 382. The van der Waals surface area contributed by atoms with Gasteiger partial charge in [-0.25, -0.2) is 9.86 Å². The number of carbonyl (C=O) groups is 1. The van der Waals surface area contributed by atoms with Gasteiger partial charge in [0.2, 0.25) is 0 Å². The second-order valence-electron chi connectivity index (χ2n) is 3.69. The number of thiophene rings is 1. The molecule has 0 aromatic carbocycles. The van der Waals surface area contributed by atoms with Gasteiger partial charge < -0.3 is 5.73 Å². The second-order valence-corrected chi connectivity index (χ2v) is 5.55. The summed E-state index contributed by atoms with van der Waals surface area (Å²) in [6, 6.07) is 1.30. The molecule has 1 saturated carbocycles. The Kier molecular flexibility index (Phi) is 2.99. The predicted octanol–water partition coefficient (Wildman–Crippen LogP) is 2.38. The molecule has 1 aliphatic carbocycles. The summed E-state index contributed by atoms with van der Waals surface area (Å²) in [6.07, 6.45) is 1.01. The van der Waals surface area contributed by atoms with Crippen molar-refractivity contribution in [3.63, 3.8) is 0 Å². The molecule has 3 N–H and O–H groups in total. The van der Waals surface area contributed by atoms with E-state index >= 15 is 0 Å². The lowest BCUT2D eigenvalue weighted by Crippen LogP contribution is -2.34. The molecule has 1 aromatic rings. The van der Waals surface area contributed by atoms with Crippen LogP contribution in [0.4, 0.5) is 4.79 Å². The van der Waals surface area contributed by atoms with Gasteiger partial charge in [0.25, 0.3) is 0 Å². The van der Waals surface area contributed by atoms with Crippen LogP contribution in [0.5, 0.6) is 0 Å². The predicted molar refractivity (Wildman–Crippen MR) is 60.9 cm³/mol. The van der Waals surface area contributed by atoms with E-state index in [0.29, 0.717) is 23.4 Å². The Morgan fingerprint density at radius 2 is 2.53 bits per heavy atom. The molecular formula is C9H11BrN2O2S. The molecule has 1 heterocycles. The topological polar surface area (TPSA) is 66.6 Å². The lowest BCUT2D eigenvalue weighted by atomic mass is 10.2. The molecule has 0 spiro atoms. The van der Waals surface area contributed by atoms with Gasteiger partial charge in [-0.15, -0.1) is 11.3 Å². The van der Waals surface area contributed by atoms with Crippen LogP contribution in [0.2, 0.25) is 0 Å². The number of amides is 2. The largest absolute Gasteiger partial charge is 0.350 e. The maximum Gasteiger partial charge on any atom is 0.338 e. The van der Waals surface area contributed by atoms with Crippen molar-refractivity contribution in [3.8, 4) is 0 Å². The van der Waals surface area contributed by atoms with Gasteiger partial charge in [-0.2, -0.15) is 0 Å². The molecule has 82 valence electrons. The van der Waals surface area contributed by atoms with Gasteiger partial charge in [-0.3, -0.25) is 5.21 Å². The third kappa shape index (κ3) is 2.50. The molecule has 1 aromatic heterocycles. The van der Waals surface area contributed by atoms with E-state index in [1.807, 2.05) is 5.38 Å². The molecule has 0 bridgehead atoms. The van der Waals surface area contributed by atoms with E-state index in [1.165, 1.54) is 4.88 Å². The number of hydrogen-bond donors (Lipinski definition) is 2. The highest BCUT2D eigenvalue weighted by atomic mass is 79.9. The minimum Gasteiger partial charge on any atom is -0.350 e. The number of carbonyl (C=O) groups excluding carboxylic acids is 1. The van der Waals surface area contributed by atoms with Crippen molar-refractivity contribution in [3.05, 3.63) is 20.8 Å². The molecule has 0 aliphatic heterocycles. The molecule has 0 unspecified atom stereocenters. The SMILES string of the molecule is NC(=O)N(O)C[C@@H]1C[C@H]1c1cc(Br)cs1. The summed E-state index contributed by atoms with van der Waals surface area (Å²) >= 11 is 5.09. The first kappa shape index (κ1) is 10.9. The molecule has 2 atom stereocenters. The molecular weight excluding hydrogens is 280 g/mol. The van der Waals surface area contributed by atoms with Crippen molar-refractivity contribution < 1.29 is 10.0 Å². The Morgan fingerprint density at radius 1 is 1.80 bits per heavy atom. The van der Waals surface area contributed by atoms with E-state index in [4.69, 9.17) is 10.9 Å². The summed E-state index contributed by atoms with van der Waals surface area (Å²) in [6.45, 7) is 0.329. The third-order valence-corrected chi connectivity index (χ3v) is 4.36. The number of hydroxylamine groups is 2. The fourth-order valence-corrected chi connectivity index (χ4v) is 3.29. The van der Waals surface area contributed by atoms with Crippen LogP contribution in [0.25, 0.3) is 0 Å². The van der Waals surface area contributed by atoms with Crippen LogP contribution in [0.15, 0.2) is 15.9 Å². The third-order valence-electron chi connectivity index (χ3n) is 2.54. The van der Waals surface area contributed by atoms with Crippen molar-refractivity contribution in [2.45, 2.75) is 12.3 Å². The number of halogens is 1. The van der Waals surface area contributed by atoms with Crippen molar-refractivity contribution in [2.75, 3.05) is 6.54 Å². The van der Waals surface area contributed by atoms with Gasteiger partial charge in [0.05, 0.1) is 6.54 Å². The number of rotatable bonds is 3. The smallest absolute Gasteiger partial charge is 0.338 e. The average Bonchev–Trinajstić information content (AvgIpc) is 2.79. The second kappa shape index (κ2) is 4.11. The zero-order chi connectivity index (χ0) is 11.0. The molecule has 1 fully saturated rings. The Hall–Kier alpha value is -0.590. The van der Waals surface area contributed by atoms with E-state index in [1.54, 1.807) is 11.3 Å². The van der Waals surface area contributed by atoms with Gasteiger partial charge in [-0.05, 0) is 40.3 Å². The summed E-state index contributed by atoms with van der Waals surface area (Å²) in [5.74, 6) is 0.809. The first-order valence-corrected chi connectivity index (χ1v) is 6.25. The van der Waals surface area contributed by atoms with Crippen LogP contribution < -0.4 is 5.73 Å². The number of nitrogens with two attached hydrogens (primary N) is 1. The molecule has 2 rings (SSSR count). The van der Waals surface area contributed by atoms with Crippen molar-refractivity contribution >= 4 is 33.3 Å². The van der Waals surface area contributed by atoms with Gasteiger partial charge in [-0.1, -0.05) is 0 Å². The fourth-order valence-electron chi connectivity index (χ4n) is 1.63. The highest BCUT2D eigenvalue weighted by Gasteiger charge is 2.40. The molecule has 4 nitrogen and oxygen atoms in total. The van der Waals surface area contributed by atoms with Crippen LogP contribution in [0.3, 0.4) is 0 Å². The van der Waals surface area contributed by atoms with Crippen LogP contribution in [-0.2, 0) is 0 Å². The van der Waals surface area contributed by atoms with E-state index in [-0.39, 0.29) is 0 Å². The molecule has 1 aliphatic rings. The zero-order valence-corrected chi connectivity index (χ0v) is 10.3. The summed E-state index contributed by atoms with van der Waals surface area (Å²) in [5.41, 5.74) is 4.93. The first-order valence-electron chi connectivity index (χ1n) is 4.57. The van der Waals surface area contributed by atoms with Crippen molar-refractivity contribution in [1.82, 2.24) is 5.06 Å². The summed E-state index contributed by atoms with van der Waals surface area (Å²) in [5, 5.41) is 11.8. The number of hydrogen-bond acceptors (Lipinski definition) is 3. The zero-order valence-electron chi connectivity index (χ0n) is 7.89. The molecule has 15 heavy (non-hydrogen) atoms. The Labute approximate surface area is 99.8 Å². The lowest BCUT2D eigenvalue weighted by Gasteiger charge is -2.10. The van der Waals surface area contributed by atoms with Crippen molar-refractivity contribution in [1.29, 1.82) is 0 Å². The van der Waals surface area contributed by atoms with Crippen LogP contribution in [0.1, 0.15) is 17.2 Å². The molecule has 0 saturated heterocycles. The van der Waals surface area contributed by atoms with Gasteiger partial charge in [0.1, 0.15) is 0 Å². The van der Waals surface area contributed by atoms with Gasteiger partial charge in [0, 0.05) is 14.7 Å². The van der Waals surface area contributed by atoms with Gasteiger partial charge >= 0.3 is 6.03 Å². The maximum atomic E-state index is 10.6. The summed E-state index contributed by atoms with van der Waals surface area (Å²) in [4.78, 5) is 11.9. The van der Waals surface area contributed by atoms with E-state index in [2.05, 4.69) is 22.0 Å². The Morgan fingerprint density at radius 3 is 3.07 bits per heavy atom. The minimum atomic E-state index is -0.784. The minimum absolute atomic E-state index is 0.329. The van der Waals surface area contributed by atoms with Gasteiger partial charge in [0.15, 0.2) is 0 Å². The molecule has 6 heteroatoms. The van der Waals surface area contributed by atoms with Crippen molar-refractivity contribution in [2.24, 2.45) is 11.7 Å². The fraction of sp³-hybridized carbons (Fsp3) is 0.444. The van der Waals surface area contributed by atoms with Crippen LogP contribution in [-0.4, -0.2) is 22.8 Å². The number of primary amides is 1. The highest BCUT2D eigenvalue weighted by molar-refractivity contribution is 9.10.